The molecule has 0 radical (unpaired) electrons. The Morgan fingerprint density at radius 3 is 2.86 bits per heavy atom. The summed E-state index contributed by atoms with van der Waals surface area (Å²) in [5.74, 6) is 0.628. The average molecular weight is 311 g/mol. The van der Waals surface area contributed by atoms with E-state index in [1.165, 1.54) is 18.9 Å². The van der Waals surface area contributed by atoms with Gasteiger partial charge in [0, 0.05) is 41.8 Å². The fraction of sp³-hybridized carbons (Fsp3) is 0.647. The highest BCUT2D eigenvalue weighted by Gasteiger charge is 2.45. The van der Waals surface area contributed by atoms with Crippen LogP contribution in [0.1, 0.15) is 38.7 Å². The fourth-order valence-electron chi connectivity index (χ4n) is 3.55. The van der Waals surface area contributed by atoms with Crippen molar-refractivity contribution in [2.24, 2.45) is 5.92 Å². The topological polar surface area (TPSA) is 15.3 Å². The van der Waals surface area contributed by atoms with E-state index < -0.39 is 0 Å². The molecule has 0 aromatic heterocycles. The molecule has 1 saturated heterocycles. The second-order valence-electron chi connectivity index (χ2n) is 6.78. The lowest BCUT2D eigenvalue weighted by Crippen LogP contribution is -2.63. The Hall–Kier alpha value is -0.640. The molecule has 1 heterocycles. The van der Waals surface area contributed by atoms with Crippen molar-refractivity contribution in [3.63, 3.8) is 0 Å². The number of nitrogens with zero attached hydrogens (tertiary/aromatic N) is 1. The first-order valence-corrected chi connectivity index (χ1v) is 8.32. The molecule has 4 heteroatoms. The summed E-state index contributed by atoms with van der Waals surface area (Å²) in [4.78, 5) is 2.43. The second-order valence-corrected chi connectivity index (χ2v) is 7.21. The van der Waals surface area contributed by atoms with Crippen LogP contribution in [0.5, 0.6) is 0 Å². The molecule has 2 atom stereocenters. The molecule has 1 aromatic carbocycles. The van der Waals surface area contributed by atoms with Crippen LogP contribution >= 0.6 is 11.6 Å². The Bertz CT molecular complexity index is 518. The number of nitrogens with one attached hydrogen (secondary N) is 1. The van der Waals surface area contributed by atoms with Gasteiger partial charge >= 0.3 is 0 Å². The molecule has 1 aliphatic carbocycles. The maximum Gasteiger partial charge on any atom is 0.127 e. The van der Waals surface area contributed by atoms with Crippen LogP contribution in [0.25, 0.3) is 0 Å². The molecule has 2 nitrogen and oxygen atoms in total. The van der Waals surface area contributed by atoms with Gasteiger partial charge < -0.3 is 5.32 Å². The number of hydrogen-bond acceptors (Lipinski definition) is 2. The Labute approximate surface area is 131 Å². The van der Waals surface area contributed by atoms with Gasteiger partial charge in [-0.15, -0.1) is 0 Å². The lowest BCUT2D eigenvalue weighted by atomic mass is 9.90. The predicted molar refractivity (Wildman–Crippen MR) is 85.0 cm³/mol. The second kappa shape index (κ2) is 5.86. The normalized spacial score (nSPS) is 30.6. The molecule has 0 amide bonds. The van der Waals surface area contributed by atoms with Crippen LogP contribution < -0.4 is 5.32 Å². The molecule has 21 heavy (non-hydrogen) atoms. The zero-order valence-corrected chi connectivity index (χ0v) is 13.6. The van der Waals surface area contributed by atoms with Crippen molar-refractivity contribution in [3.05, 3.63) is 34.6 Å². The third-order valence-corrected chi connectivity index (χ3v) is 5.36. The summed E-state index contributed by atoms with van der Waals surface area (Å²) in [5.41, 5.74) is 0.891. The minimum atomic E-state index is -0.152. The zero-order chi connectivity index (χ0) is 15.0. The molecule has 2 aliphatic rings. The van der Waals surface area contributed by atoms with Gasteiger partial charge in [-0.2, -0.15) is 0 Å². The zero-order valence-electron chi connectivity index (χ0n) is 12.8. The molecule has 0 spiro atoms. The lowest BCUT2D eigenvalue weighted by Gasteiger charge is -2.46. The summed E-state index contributed by atoms with van der Waals surface area (Å²) in [6.07, 6.45) is 3.72. The summed E-state index contributed by atoms with van der Waals surface area (Å²) in [6, 6.07) is 5.32. The van der Waals surface area contributed by atoms with Gasteiger partial charge in [-0.25, -0.2) is 4.39 Å². The van der Waals surface area contributed by atoms with Crippen LogP contribution in [0, 0.1) is 11.7 Å². The van der Waals surface area contributed by atoms with E-state index >= 15 is 0 Å². The van der Waals surface area contributed by atoms with Gasteiger partial charge in [-0.05, 0) is 50.3 Å². The standard InChI is InChI=1S/C17H24ClFN2/c1-3-15-9-20-17(2,13-4-5-13)11-21(15)10-12-8-14(18)6-7-16(12)19/h6-8,13,15,20H,3-5,9-11H2,1-2H3. The highest BCUT2D eigenvalue weighted by Crippen LogP contribution is 2.41. The Morgan fingerprint density at radius 1 is 1.43 bits per heavy atom. The number of piperazine rings is 1. The SMILES string of the molecule is CCC1CNC(C)(C2CC2)CN1Cc1cc(Cl)ccc1F. The highest BCUT2D eigenvalue weighted by molar-refractivity contribution is 6.30. The molecule has 1 aromatic rings. The monoisotopic (exact) mass is 310 g/mol. The Kier molecular flexibility index (Phi) is 4.26. The highest BCUT2D eigenvalue weighted by atomic mass is 35.5. The fourth-order valence-corrected chi connectivity index (χ4v) is 3.75. The molecule has 2 fully saturated rings. The van der Waals surface area contributed by atoms with Crippen LogP contribution in [-0.2, 0) is 6.54 Å². The maximum absolute atomic E-state index is 14.0. The van der Waals surface area contributed by atoms with E-state index in [-0.39, 0.29) is 11.4 Å². The minimum Gasteiger partial charge on any atom is -0.308 e. The van der Waals surface area contributed by atoms with Gasteiger partial charge in [-0.3, -0.25) is 4.90 Å². The van der Waals surface area contributed by atoms with Gasteiger partial charge in [0.15, 0.2) is 0 Å². The van der Waals surface area contributed by atoms with Crippen LogP contribution in [0.15, 0.2) is 18.2 Å². The van der Waals surface area contributed by atoms with E-state index in [0.29, 0.717) is 23.2 Å². The van der Waals surface area contributed by atoms with E-state index in [2.05, 4.69) is 24.1 Å². The molecular weight excluding hydrogens is 287 g/mol. The average Bonchev–Trinajstić information content (AvgIpc) is 3.28. The summed E-state index contributed by atoms with van der Waals surface area (Å²) < 4.78 is 14.0. The Balaban J connectivity index is 1.78. The van der Waals surface area contributed by atoms with Crippen LogP contribution in [-0.4, -0.2) is 29.6 Å². The number of benzene rings is 1. The first kappa shape index (κ1) is 15.3. The van der Waals surface area contributed by atoms with Crippen molar-refractivity contribution in [1.29, 1.82) is 0 Å². The quantitative estimate of drug-likeness (QED) is 0.909. The van der Waals surface area contributed by atoms with Crippen molar-refractivity contribution in [1.82, 2.24) is 10.2 Å². The number of hydrogen-bond donors (Lipinski definition) is 1. The molecule has 116 valence electrons. The van der Waals surface area contributed by atoms with E-state index in [1.54, 1.807) is 12.1 Å². The van der Waals surface area contributed by atoms with Crippen LogP contribution in [0.2, 0.25) is 5.02 Å². The first-order valence-electron chi connectivity index (χ1n) is 7.95. The van der Waals surface area contributed by atoms with Crippen molar-refractivity contribution in [3.8, 4) is 0 Å². The van der Waals surface area contributed by atoms with Crippen molar-refractivity contribution in [2.75, 3.05) is 13.1 Å². The summed E-state index contributed by atoms with van der Waals surface area (Å²) in [6.45, 7) is 7.15. The maximum atomic E-state index is 14.0. The molecular formula is C17H24ClFN2. The van der Waals surface area contributed by atoms with Crippen LogP contribution in [0.3, 0.4) is 0 Å². The molecule has 1 saturated carbocycles. The van der Waals surface area contributed by atoms with Gasteiger partial charge in [0.2, 0.25) is 0 Å². The van der Waals surface area contributed by atoms with Gasteiger partial charge in [0.25, 0.3) is 0 Å². The van der Waals surface area contributed by atoms with Gasteiger partial charge in [0.1, 0.15) is 5.82 Å². The van der Waals surface area contributed by atoms with Crippen molar-refractivity contribution >= 4 is 11.6 Å². The minimum absolute atomic E-state index is 0.152. The van der Waals surface area contributed by atoms with Gasteiger partial charge in [-0.1, -0.05) is 18.5 Å². The van der Waals surface area contributed by atoms with Crippen LogP contribution in [0.4, 0.5) is 4.39 Å². The van der Waals surface area contributed by atoms with Crippen molar-refractivity contribution < 1.29 is 4.39 Å². The smallest absolute Gasteiger partial charge is 0.127 e. The first-order chi connectivity index (χ1) is 10.0. The Morgan fingerprint density at radius 2 is 2.19 bits per heavy atom. The van der Waals surface area contributed by atoms with Gasteiger partial charge in [0.05, 0.1) is 0 Å². The van der Waals surface area contributed by atoms with E-state index in [1.807, 2.05) is 0 Å². The predicted octanol–water partition coefficient (Wildman–Crippen LogP) is 3.83. The van der Waals surface area contributed by atoms with E-state index in [9.17, 15) is 4.39 Å². The molecule has 1 N–H and O–H groups in total. The number of halogens is 2. The molecule has 2 unspecified atom stereocenters. The molecule has 1 aliphatic heterocycles. The van der Waals surface area contributed by atoms with E-state index in [4.69, 9.17) is 11.6 Å². The largest absolute Gasteiger partial charge is 0.308 e. The van der Waals surface area contributed by atoms with Crippen molar-refractivity contribution in [2.45, 2.75) is 51.2 Å². The molecule has 3 rings (SSSR count). The van der Waals surface area contributed by atoms with E-state index in [0.717, 1.165) is 25.4 Å². The summed E-state index contributed by atoms with van der Waals surface area (Å²) in [5, 5.41) is 4.35. The number of rotatable bonds is 4. The summed E-state index contributed by atoms with van der Waals surface area (Å²) in [7, 11) is 0. The lowest BCUT2D eigenvalue weighted by molar-refractivity contribution is 0.0657. The summed E-state index contributed by atoms with van der Waals surface area (Å²) >= 11 is 6.02. The third-order valence-electron chi connectivity index (χ3n) is 5.12. The molecule has 0 bridgehead atoms. The third kappa shape index (κ3) is 3.25.